The highest BCUT2D eigenvalue weighted by Gasteiger charge is 2.31. The molecule has 0 aromatic heterocycles. The van der Waals surface area contributed by atoms with E-state index in [1.807, 2.05) is 24.3 Å². The molecule has 2 aromatic carbocycles. The van der Waals surface area contributed by atoms with Crippen molar-refractivity contribution in [3.63, 3.8) is 0 Å². The molecule has 29 heavy (non-hydrogen) atoms. The van der Waals surface area contributed by atoms with E-state index in [1.54, 1.807) is 0 Å². The third-order valence-corrected chi connectivity index (χ3v) is 5.71. The molecule has 0 radical (unpaired) electrons. The molecule has 1 aliphatic carbocycles. The van der Waals surface area contributed by atoms with Crippen LogP contribution in [0.3, 0.4) is 0 Å². The number of carboxylic acid groups (broad SMARTS) is 1. The zero-order chi connectivity index (χ0) is 20.2. The highest BCUT2D eigenvalue weighted by molar-refractivity contribution is 5.79. The number of fused-ring (bicyclic) bond motifs is 3. The number of hydrogen-bond donors (Lipinski definition) is 2. The fraction of sp³-hybridized carbons (Fsp3) is 0.391. The number of aliphatic carboxylic acids is 1. The molecule has 2 aliphatic rings. The Hall–Kier alpha value is -2.86. The lowest BCUT2D eigenvalue weighted by Crippen LogP contribution is -2.47. The molecule has 0 bridgehead atoms. The van der Waals surface area contributed by atoms with Crippen molar-refractivity contribution in [2.75, 3.05) is 13.2 Å². The summed E-state index contributed by atoms with van der Waals surface area (Å²) in [5.41, 5.74) is 4.60. The number of alkyl carbamates (subject to hydrolysis) is 1. The number of rotatable bonds is 6. The van der Waals surface area contributed by atoms with Crippen LogP contribution in [0.25, 0.3) is 11.1 Å². The maximum atomic E-state index is 12.5. The Morgan fingerprint density at radius 1 is 1.07 bits per heavy atom. The van der Waals surface area contributed by atoms with E-state index in [1.165, 1.54) is 0 Å². The van der Waals surface area contributed by atoms with Gasteiger partial charge in [-0.1, -0.05) is 48.5 Å². The monoisotopic (exact) mass is 395 g/mol. The average molecular weight is 395 g/mol. The number of carbonyl (C=O) groups excluding carboxylic acids is 1. The predicted molar refractivity (Wildman–Crippen MR) is 108 cm³/mol. The van der Waals surface area contributed by atoms with Gasteiger partial charge in [0.15, 0.2) is 0 Å². The van der Waals surface area contributed by atoms with Gasteiger partial charge >= 0.3 is 12.1 Å². The summed E-state index contributed by atoms with van der Waals surface area (Å²) < 4.78 is 11.2. The highest BCUT2D eigenvalue weighted by atomic mass is 16.5. The minimum Gasteiger partial charge on any atom is -0.481 e. The number of amides is 1. The average Bonchev–Trinajstić information content (AvgIpc) is 3.06. The van der Waals surface area contributed by atoms with Gasteiger partial charge in [0.2, 0.25) is 0 Å². The lowest BCUT2D eigenvalue weighted by molar-refractivity contribution is -0.138. The number of nitrogens with one attached hydrogen (secondary N) is 1. The fourth-order valence-corrected chi connectivity index (χ4v) is 4.34. The molecule has 6 nitrogen and oxygen atoms in total. The maximum absolute atomic E-state index is 12.5. The lowest BCUT2D eigenvalue weighted by atomic mass is 9.98. The summed E-state index contributed by atoms with van der Waals surface area (Å²) in [7, 11) is 0. The summed E-state index contributed by atoms with van der Waals surface area (Å²) in [6.45, 7) is 0.790. The molecule has 1 aliphatic heterocycles. The second-order valence-corrected chi connectivity index (χ2v) is 7.58. The van der Waals surface area contributed by atoms with E-state index in [0.29, 0.717) is 6.61 Å². The van der Waals surface area contributed by atoms with Crippen LogP contribution in [0.4, 0.5) is 4.79 Å². The Morgan fingerprint density at radius 2 is 1.72 bits per heavy atom. The van der Waals surface area contributed by atoms with Gasteiger partial charge in [-0.05, 0) is 41.5 Å². The molecular formula is C23H25NO5. The van der Waals surface area contributed by atoms with Gasteiger partial charge in [0.1, 0.15) is 6.61 Å². The Labute approximate surface area is 169 Å². The second kappa shape index (κ2) is 8.66. The predicted octanol–water partition coefficient (Wildman–Crippen LogP) is 3.94. The quantitative estimate of drug-likeness (QED) is 0.774. The topological polar surface area (TPSA) is 84.9 Å². The number of carbonyl (C=O) groups is 2. The van der Waals surface area contributed by atoms with Crippen molar-refractivity contribution in [1.29, 1.82) is 0 Å². The van der Waals surface area contributed by atoms with Crippen LogP contribution in [0, 0.1) is 0 Å². The van der Waals surface area contributed by atoms with Crippen LogP contribution in [0.1, 0.15) is 42.7 Å². The summed E-state index contributed by atoms with van der Waals surface area (Å²) in [6, 6.07) is 15.7. The molecule has 0 spiro atoms. The summed E-state index contributed by atoms with van der Waals surface area (Å²) >= 11 is 0. The van der Waals surface area contributed by atoms with Crippen molar-refractivity contribution in [2.24, 2.45) is 0 Å². The van der Waals surface area contributed by atoms with Gasteiger partial charge < -0.3 is 19.9 Å². The van der Waals surface area contributed by atoms with Crippen molar-refractivity contribution in [3.8, 4) is 11.1 Å². The minimum atomic E-state index is -0.969. The highest BCUT2D eigenvalue weighted by Crippen LogP contribution is 2.44. The Morgan fingerprint density at radius 3 is 2.31 bits per heavy atom. The van der Waals surface area contributed by atoms with Gasteiger partial charge in [-0.2, -0.15) is 0 Å². The van der Waals surface area contributed by atoms with Crippen molar-refractivity contribution >= 4 is 12.1 Å². The summed E-state index contributed by atoms with van der Waals surface area (Å²) in [5.74, 6) is -1.000. The number of hydrogen-bond acceptors (Lipinski definition) is 4. The largest absolute Gasteiger partial charge is 0.481 e. The van der Waals surface area contributed by atoms with Crippen LogP contribution in [0.15, 0.2) is 48.5 Å². The minimum absolute atomic E-state index is 0.0306. The van der Waals surface area contributed by atoms with Crippen LogP contribution in [0.2, 0.25) is 0 Å². The molecule has 2 aromatic rings. The first-order chi connectivity index (χ1) is 14.1. The molecule has 2 atom stereocenters. The third-order valence-electron chi connectivity index (χ3n) is 5.71. The molecule has 0 saturated carbocycles. The smallest absolute Gasteiger partial charge is 0.407 e. The van der Waals surface area contributed by atoms with E-state index in [4.69, 9.17) is 9.47 Å². The molecule has 1 saturated heterocycles. The van der Waals surface area contributed by atoms with E-state index in [0.717, 1.165) is 41.5 Å². The van der Waals surface area contributed by atoms with Crippen molar-refractivity contribution in [1.82, 2.24) is 5.32 Å². The third kappa shape index (κ3) is 4.27. The first-order valence-corrected chi connectivity index (χ1v) is 10.1. The number of carboxylic acids is 1. The number of ether oxygens (including phenoxy) is 2. The van der Waals surface area contributed by atoms with Crippen LogP contribution >= 0.6 is 0 Å². The van der Waals surface area contributed by atoms with Crippen molar-refractivity contribution in [3.05, 3.63) is 59.7 Å². The van der Waals surface area contributed by atoms with Gasteiger partial charge in [-0.3, -0.25) is 4.79 Å². The molecule has 4 rings (SSSR count). The van der Waals surface area contributed by atoms with Crippen molar-refractivity contribution < 1.29 is 24.2 Å². The molecule has 1 unspecified atom stereocenters. The van der Waals surface area contributed by atoms with Crippen LogP contribution < -0.4 is 5.32 Å². The molecule has 152 valence electrons. The van der Waals surface area contributed by atoms with Gasteiger partial charge in [-0.25, -0.2) is 4.79 Å². The van der Waals surface area contributed by atoms with E-state index in [9.17, 15) is 14.7 Å². The summed E-state index contributed by atoms with van der Waals surface area (Å²) in [6.07, 6.45) is 1.58. The van der Waals surface area contributed by atoms with Crippen LogP contribution in [-0.2, 0) is 14.3 Å². The SMILES string of the molecule is O=C(O)C[C@H](NC(=O)OCC1c2ccccc2-c2ccccc21)C1CCCCO1. The van der Waals surface area contributed by atoms with Gasteiger partial charge in [0.25, 0.3) is 0 Å². The fourth-order valence-electron chi connectivity index (χ4n) is 4.34. The molecule has 1 amide bonds. The molecular weight excluding hydrogens is 370 g/mol. The Bertz CT molecular complexity index is 845. The molecule has 1 fully saturated rings. The first-order valence-electron chi connectivity index (χ1n) is 10.1. The lowest BCUT2D eigenvalue weighted by Gasteiger charge is -2.30. The second-order valence-electron chi connectivity index (χ2n) is 7.58. The van der Waals surface area contributed by atoms with E-state index in [2.05, 4.69) is 29.6 Å². The summed E-state index contributed by atoms with van der Waals surface area (Å²) in [5, 5.41) is 11.9. The normalized spacial score (nSPS) is 19.1. The van der Waals surface area contributed by atoms with Crippen molar-refractivity contribution in [2.45, 2.75) is 43.7 Å². The Balaban J connectivity index is 1.43. The maximum Gasteiger partial charge on any atom is 0.407 e. The van der Waals surface area contributed by atoms with Crippen LogP contribution in [0.5, 0.6) is 0 Å². The van der Waals surface area contributed by atoms with Crippen LogP contribution in [-0.4, -0.2) is 42.5 Å². The Kier molecular flexibility index (Phi) is 5.81. The zero-order valence-corrected chi connectivity index (χ0v) is 16.2. The van der Waals surface area contributed by atoms with Gasteiger partial charge in [0.05, 0.1) is 18.6 Å². The van der Waals surface area contributed by atoms with Gasteiger partial charge in [-0.15, -0.1) is 0 Å². The molecule has 2 N–H and O–H groups in total. The number of benzene rings is 2. The summed E-state index contributed by atoms with van der Waals surface area (Å²) in [4.78, 5) is 23.7. The standard InChI is InChI=1S/C23H25NO5/c25-22(26)13-20(21-11-5-6-12-28-21)24-23(27)29-14-19-17-9-3-1-7-15(17)16-8-2-4-10-18(16)19/h1-4,7-10,19-21H,5-6,11-14H2,(H,24,27)(H,25,26)/t20-,21?/m0/s1. The first kappa shape index (κ1) is 19.5. The zero-order valence-electron chi connectivity index (χ0n) is 16.2. The molecule has 6 heteroatoms. The van der Waals surface area contributed by atoms with E-state index in [-0.39, 0.29) is 25.0 Å². The van der Waals surface area contributed by atoms with E-state index < -0.39 is 18.1 Å². The van der Waals surface area contributed by atoms with Gasteiger partial charge in [0, 0.05) is 12.5 Å². The van der Waals surface area contributed by atoms with E-state index >= 15 is 0 Å². The molecule has 1 heterocycles.